The molecule has 1 unspecified atom stereocenters. The lowest BCUT2D eigenvalue weighted by Gasteiger charge is -2.05. The van der Waals surface area contributed by atoms with Crippen LogP contribution in [0.2, 0.25) is 0 Å². The Labute approximate surface area is 182 Å². The summed E-state index contributed by atoms with van der Waals surface area (Å²) in [6, 6.07) is 0. The van der Waals surface area contributed by atoms with E-state index >= 15 is 0 Å². The van der Waals surface area contributed by atoms with Crippen molar-refractivity contribution in [2.24, 2.45) is 0 Å². The van der Waals surface area contributed by atoms with E-state index < -0.39 is 6.10 Å². The van der Waals surface area contributed by atoms with Crippen molar-refractivity contribution in [3.63, 3.8) is 0 Å². The van der Waals surface area contributed by atoms with Gasteiger partial charge in [0.1, 0.15) is 12.4 Å². The molecule has 0 bridgehead atoms. The summed E-state index contributed by atoms with van der Waals surface area (Å²) < 4.78 is 0. The van der Waals surface area contributed by atoms with E-state index in [1.165, 1.54) is 116 Å². The van der Waals surface area contributed by atoms with Crippen molar-refractivity contribution in [3.8, 4) is 0 Å². The van der Waals surface area contributed by atoms with E-state index in [0.717, 1.165) is 12.8 Å². The lowest BCUT2D eigenvalue weighted by atomic mass is 10.0. The summed E-state index contributed by atoms with van der Waals surface area (Å²) in [6.07, 6.45) is 26.7. The van der Waals surface area contributed by atoms with Crippen molar-refractivity contribution < 1.29 is 15.0 Å². The predicted octanol–water partition coefficient (Wildman–Crippen LogP) is 8.05. The molecule has 0 aromatic heterocycles. The number of rotatable bonds is 24. The second kappa shape index (κ2) is 23.9. The van der Waals surface area contributed by atoms with Gasteiger partial charge in [-0.3, -0.25) is 4.79 Å². The summed E-state index contributed by atoms with van der Waals surface area (Å²) in [7, 11) is 0. The molecule has 173 valence electrons. The first-order valence-corrected chi connectivity index (χ1v) is 12.9. The number of carbonyl (C=O) groups is 1. The van der Waals surface area contributed by atoms with Crippen LogP contribution in [0.3, 0.4) is 0 Å². The monoisotopic (exact) mass is 411 g/mol. The lowest BCUT2D eigenvalue weighted by Crippen LogP contribution is -2.13. The molecule has 0 amide bonds. The molecule has 0 aromatic rings. The van der Waals surface area contributed by atoms with Crippen LogP contribution in [0.5, 0.6) is 0 Å². The minimum Gasteiger partial charge on any atom is -0.390 e. The minimum atomic E-state index is -0.993. The number of aliphatic hydroxyl groups is 2. The van der Waals surface area contributed by atoms with Gasteiger partial charge < -0.3 is 10.2 Å². The summed E-state index contributed by atoms with van der Waals surface area (Å²) in [5.41, 5.74) is 0. The first-order valence-electron chi connectivity index (χ1n) is 12.9. The number of ketones is 1. The van der Waals surface area contributed by atoms with Gasteiger partial charge >= 0.3 is 0 Å². The average molecular weight is 412 g/mol. The highest BCUT2D eigenvalue weighted by Crippen LogP contribution is 2.15. The molecule has 0 aliphatic carbocycles. The third-order valence-corrected chi connectivity index (χ3v) is 5.92. The zero-order valence-corrected chi connectivity index (χ0v) is 19.5. The van der Waals surface area contributed by atoms with Gasteiger partial charge in [0.15, 0.2) is 0 Å². The fourth-order valence-electron chi connectivity index (χ4n) is 3.97. The smallest absolute Gasteiger partial charge is 0.135 e. The number of unbranched alkanes of at least 4 members (excludes halogenated alkanes) is 19. The highest BCUT2D eigenvalue weighted by atomic mass is 16.3. The molecular weight excluding hydrogens is 360 g/mol. The molecule has 1 radical (unpaired) electrons. The van der Waals surface area contributed by atoms with Crippen LogP contribution in [0.4, 0.5) is 0 Å². The van der Waals surface area contributed by atoms with E-state index in [4.69, 9.17) is 10.2 Å². The number of hydrogen-bond donors (Lipinski definition) is 2. The van der Waals surface area contributed by atoms with Crippen LogP contribution in [-0.4, -0.2) is 22.1 Å². The minimum absolute atomic E-state index is 0.0465. The van der Waals surface area contributed by atoms with Gasteiger partial charge in [0.25, 0.3) is 0 Å². The van der Waals surface area contributed by atoms with Crippen molar-refractivity contribution in [3.05, 3.63) is 6.61 Å². The van der Waals surface area contributed by atoms with E-state index in [1.54, 1.807) is 0 Å². The van der Waals surface area contributed by atoms with Gasteiger partial charge in [-0.2, -0.15) is 0 Å². The molecule has 0 aliphatic heterocycles. The Kier molecular flexibility index (Phi) is 23.5. The Bertz CT molecular complexity index is 330. The molecule has 0 heterocycles. The maximum Gasteiger partial charge on any atom is 0.135 e. The molecule has 1 atom stereocenters. The molecule has 0 fully saturated rings. The summed E-state index contributed by atoms with van der Waals surface area (Å²) in [5.74, 6) is 0.0465. The fourth-order valence-corrected chi connectivity index (χ4v) is 3.97. The number of carbonyl (C=O) groups excluding carboxylic acids is 1. The van der Waals surface area contributed by atoms with E-state index in [1.807, 2.05) is 0 Å². The lowest BCUT2D eigenvalue weighted by molar-refractivity contribution is -0.121. The summed E-state index contributed by atoms with van der Waals surface area (Å²) >= 11 is 0. The van der Waals surface area contributed by atoms with Crippen LogP contribution in [0.25, 0.3) is 0 Å². The number of aliphatic hydroxyl groups excluding tert-OH is 2. The summed E-state index contributed by atoms with van der Waals surface area (Å²) in [6.45, 7) is 2.97. The standard InChI is InChI=1S/C26H51O3/c1-2-3-4-5-6-7-8-9-10-11-12-13-14-15-16-17-18-19-20-21-22-25(28)23-26(29)24-27/h24,26-27,29H,2-23H2,1H3. The van der Waals surface area contributed by atoms with Crippen LogP contribution >= 0.6 is 0 Å². The van der Waals surface area contributed by atoms with Crippen molar-refractivity contribution in [2.75, 3.05) is 0 Å². The van der Waals surface area contributed by atoms with Gasteiger partial charge in [0.2, 0.25) is 0 Å². The second-order valence-electron chi connectivity index (χ2n) is 8.93. The van der Waals surface area contributed by atoms with E-state index in [2.05, 4.69) is 6.92 Å². The number of hydrogen-bond acceptors (Lipinski definition) is 3. The Balaban J connectivity index is 3.09. The van der Waals surface area contributed by atoms with Gasteiger partial charge in [-0.05, 0) is 6.42 Å². The third-order valence-electron chi connectivity index (χ3n) is 5.92. The quantitative estimate of drug-likeness (QED) is 0.158. The van der Waals surface area contributed by atoms with Gasteiger partial charge in [0.05, 0.1) is 6.10 Å². The Morgan fingerprint density at radius 3 is 1.24 bits per heavy atom. The predicted molar refractivity (Wildman–Crippen MR) is 124 cm³/mol. The van der Waals surface area contributed by atoms with Crippen LogP contribution in [0.1, 0.15) is 148 Å². The normalized spacial score (nSPS) is 12.4. The van der Waals surface area contributed by atoms with Crippen molar-refractivity contribution in [2.45, 2.75) is 154 Å². The maximum absolute atomic E-state index is 11.5. The van der Waals surface area contributed by atoms with Gasteiger partial charge in [-0.1, -0.05) is 129 Å². The van der Waals surface area contributed by atoms with Gasteiger partial charge in [-0.15, -0.1) is 0 Å². The first kappa shape index (κ1) is 28.6. The molecule has 2 N–H and O–H groups in total. The highest BCUT2D eigenvalue weighted by Gasteiger charge is 2.09. The summed E-state index contributed by atoms with van der Waals surface area (Å²) in [5, 5.41) is 17.8. The van der Waals surface area contributed by atoms with E-state index in [-0.39, 0.29) is 12.2 Å². The fraction of sp³-hybridized carbons (Fsp3) is 0.923. The topological polar surface area (TPSA) is 57.5 Å². The van der Waals surface area contributed by atoms with E-state index in [0.29, 0.717) is 13.0 Å². The zero-order chi connectivity index (χ0) is 21.4. The van der Waals surface area contributed by atoms with Gasteiger partial charge in [0, 0.05) is 12.8 Å². The molecule has 29 heavy (non-hydrogen) atoms. The SMILES string of the molecule is CCCCCCCCCCCCCCCCCCCCCCC(=O)CC(O)[CH]O. The first-order chi connectivity index (χ1) is 14.2. The molecule has 0 saturated carbocycles. The zero-order valence-electron chi connectivity index (χ0n) is 19.5. The maximum atomic E-state index is 11.5. The molecular formula is C26H51O3. The largest absolute Gasteiger partial charge is 0.390 e. The molecule has 3 nitrogen and oxygen atoms in total. The van der Waals surface area contributed by atoms with Crippen LogP contribution < -0.4 is 0 Å². The highest BCUT2D eigenvalue weighted by molar-refractivity contribution is 5.78. The third kappa shape index (κ3) is 23.7. The average Bonchev–Trinajstić information content (AvgIpc) is 2.72. The number of Topliss-reactive ketones (excluding diaryl/α,β-unsaturated/α-hetero) is 1. The molecule has 3 heteroatoms. The van der Waals surface area contributed by atoms with Crippen molar-refractivity contribution in [1.29, 1.82) is 0 Å². The van der Waals surface area contributed by atoms with Crippen LogP contribution in [0.15, 0.2) is 0 Å². The van der Waals surface area contributed by atoms with Crippen molar-refractivity contribution >= 4 is 5.78 Å². The molecule has 0 rings (SSSR count). The van der Waals surface area contributed by atoms with E-state index in [9.17, 15) is 4.79 Å². The second-order valence-corrected chi connectivity index (χ2v) is 8.93. The molecule has 0 aliphatic rings. The van der Waals surface area contributed by atoms with Crippen molar-refractivity contribution in [1.82, 2.24) is 0 Å². The molecule has 0 saturated heterocycles. The summed E-state index contributed by atoms with van der Waals surface area (Å²) in [4.78, 5) is 11.5. The van der Waals surface area contributed by atoms with Gasteiger partial charge in [-0.25, -0.2) is 0 Å². The Hall–Kier alpha value is -0.410. The Morgan fingerprint density at radius 2 is 0.931 bits per heavy atom. The van der Waals surface area contributed by atoms with Crippen LogP contribution in [0, 0.1) is 6.61 Å². The van der Waals surface area contributed by atoms with Crippen LogP contribution in [-0.2, 0) is 4.79 Å². The Morgan fingerprint density at radius 1 is 0.621 bits per heavy atom. The molecule has 0 spiro atoms. The molecule has 0 aromatic carbocycles.